The Labute approximate surface area is 196 Å². The molecular weight excluding hydrogens is 436 g/mol. The smallest absolute Gasteiger partial charge is 0.267 e. The Bertz CT molecular complexity index is 1340. The van der Waals surface area contributed by atoms with Gasteiger partial charge in [0.25, 0.3) is 11.5 Å². The van der Waals surface area contributed by atoms with Crippen LogP contribution in [-0.2, 0) is 16.0 Å². The van der Waals surface area contributed by atoms with E-state index in [1.165, 1.54) is 10.5 Å². The number of nitrogens with zero attached hydrogens (tertiary/aromatic N) is 4. The van der Waals surface area contributed by atoms with Crippen LogP contribution in [0.25, 0.3) is 16.7 Å². The molecule has 0 saturated carbocycles. The van der Waals surface area contributed by atoms with Crippen molar-refractivity contribution in [2.75, 3.05) is 46.0 Å². The molecule has 5 heterocycles. The van der Waals surface area contributed by atoms with Gasteiger partial charge in [0.1, 0.15) is 16.8 Å². The second-order valence-corrected chi connectivity index (χ2v) is 8.95. The van der Waals surface area contributed by atoms with E-state index in [1.807, 2.05) is 13.0 Å². The number of morpholine rings is 1. The Morgan fingerprint density at radius 2 is 2.06 bits per heavy atom. The first kappa shape index (κ1) is 22.7. The SMILES string of the molecule is Cc1ccc2nc3c(cc(C(=O)NCC4CCCO4)c(=N)n3CCN3CCOCC3)c(=O)n2c1. The zero-order valence-electron chi connectivity index (χ0n) is 19.4. The number of hydrogen-bond acceptors (Lipinski definition) is 7. The summed E-state index contributed by atoms with van der Waals surface area (Å²) in [7, 11) is 0. The molecular formula is C24H30N6O4. The predicted octanol–water partition coefficient (Wildman–Crippen LogP) is 0.678. The highest BCUT2D eigenvalue weighted by atomic mass is 16.5. The molecule has 2 aliphatic rings. The summed E-state index contributed by atoms with van der Waals surface area (Å²) in [5, 5.41) is 12.1. The molecule has 5 rings (SSSR count). The van der Waals surface area contributed by atoms with Crippen LogP contribution in [-0.4, -0.2) is 76.9 Å². The summed E-state index contributed by atoms with van der Waals surface area (Å²) >= 11 is 0. The number of ether oxygens (including phenoxy) is 2. The molecule has 1 unspecified atom stereocenters. The molecule has 2 saturated heterocycles. The van der Waals surface area contributed by atoms with E-state index in [0.717, 1.165) is 31.5 Å². The Kier molecular flexibility index (Phi) is 6.44. The summed E-state index contributed by atoms with van der Waals surface area (Å²) in [6.45, 7) is 7.09. The number of rotatable bonds is 6. The third kappa shape index (κ3) is 4.48. The van der Waals surface area contributed by atoms with Gasteiger partial charge in [-0.2, -0.15) is 0 Å². The fraction of sp³-hybridized carbons (Fsp3) is 0.500. The number of aryl methyl sites for hydroxylation is 1. The van der Waals surface area contributed by atoms with Crippen molar-refractivity contribution in [3.05, 3.63) is 51.4 Å². The molecule has 10 nitrogen and oxygen atoms in total. The molecule has 0 aromatic carbocycles. The van der Waals surface area contributed by atoms with Crippen molar-refractivity contribution < 1.29 is 14.3 Å². The number of hydrogen-bond donors (Lipinski definition) is 2. The van der Waals surface area contributed by atoms with Gasteiger partial charge >= 0.3 is 0 Å². The van der Waals surface area contributed by atoms with Crippen molar-refractivity contribution in [3.8, 4) is 0 Å². The fourth-order valence-corrected chi connectivity index (χ4v) is 4.61. The van der Waals surface area contributed by atoms with Crippen molar-refractivity contribution in [1.82, 2.24) is 24.2 Å². The van der Waals surface area contributed by atoms with Crippen LogP contribution in [0.3, 0.4) is 0 Å². The third-order valence-corrected chi connectivity index (χ3v) is 6.56. The maximum Gasteiger partial charge on any atom is 0.267 e. The average Bonchev–Trinajstić information content (AvgIpc) is 3.37. The van der Waals surface area contributed by atoms with E-state index in [9.17, 15) is 9.59 Å². The van der Waals surface area contributed by atoms with Gasteiger partial charge in [-0.1, -0.05) is 6.07 Å². The number of pyridine rings is 2. The van der Waals surface area contributed by atoms with E-state index in [4.69, 9.17) is 19.9 Å². The van der Waals surface area contributed by atoms with Gasteiger partial charge in [-0.05, 0) is 37.5 Å². The molecule has 3 aromatic rings. The van der Waals surface area contributed by atoms with Crippen LogP contribution >= 0.6 is 0 Å². The molecule has 0 bridgehead atoms. The standard InChI is InChI=1S/C24H30N6O4/c1-16-4-5-20-27-22-19(24(32)30(20)15-16)13-18(23(31)26-14-17-3-2-10-34-17)21(25)29(22)7-6-28-8-11-33-12-9-28/h4-5,13,15,17,25H,2-3,6-12,14H2,1H3,(H,26,31). The molecule has 0 aliphatic carbocycles. The van der Waals surface area contributed by atoms with Crippen molar-refractivity contribution in [3.63, 3.8) is 0 Å². The lowest BCUT2D eigenvalue weighted by atomic mass is 10.1. The lowest BCUT2D eigenvalue weighted by molar-refractivity contribution is 0.0363. The second-order valence-electron chi connectivity index (χ2n) is 8.95. The molecule has 0 radical (unpaired) electrons. The van der Waals surface area contributed by atoms with Gasteiger partial charge in [0, 0.05) is 45.5 Å². The lowest BCUT2D eigenvalue weighted by Gasteiger charge is -2.27. The molecule has 2 N–H and O–H groups in total. The van der Waals surface area contributed by atoms with Crippen molar-refractivity contribution in [2.45, 2.75) is 32.4 Å². The number of aromatic nitrogens is 3. The van der Waals surface area contributed by atoms with Gasteiger partial charge in [-0.25, -0.2) is 4.98 Å². The lowest BCUT2D eigenvalue weighted by Crippen LogP contribution is -2.41. The van der Waals surface area contributed by atoms with E-state index in [0.29, 0.717) is 56.1 Å². The van der Waals surface area contributed by atoms with Crippen LogP contribution in [0.15, 0.2) is 29.2 Å². The third-order valence-electron chi connectivity index (χ3n) is 6.56. The summed E-state index contributed by atoms with van der Waals surface area (Å²) in [6, 6.07) is 5.21. The predicted molar refractivity (Wildman–Crippen MR) is 126 cm³/mol. The van der Waals surface area contributed by atoms with Crippen molar-refractivity contribution in [2.24, 2.45) is 0 Å². The maximum atomic E-state index is 13.4. The van der Waals surface area contributed by atoms with Gasteiger partial charge in [0.05, 0.1) is 30.3 Å². The minimum atomic E-state index is -0.378. The Hall–Kier alpha value is -3.08. The number of amides is 1. The summed E-state index contributed by atoms with van der Waals surface area (Å²) in [5.41, 5.74) is 1.83. The Morgan fingerprint density at radius 1 is 1.24 bits per heavy atom. The molecule has 2 aliphatic heterocycles. The van der Waals surface area contributed by atoms with E-state index in [1.54, 1.807) is 16.8 Å². The normalized spacial score (nSPS) is 19.1. The van der Waals surface area contributed by atoms with Crippen LogP contribution in [0.5, 0.6) is 0 Å². The molecule has 3 aromatic heterocycles. The molecule has 1 atom stereocenters. The quantitative estimate of drug-likeness (QED) is 0.517. The number of carbonyl (C=O) groups excluding carboxylic acids is 1. The number of carbonyl (C=O) groups is 1. The first-order valence-electron chi connectivity index (χ1n) is 11.8. The van der Waals surface area contributed by atoms with E-state index in [2.05, 4.69) is 10.2 Å². The van der Waals surface area contributed by atoms with Crippen LogP contribution in [0, 0.1) is 12.3 Å². The topological polar surface area (TPSA) is 114 Å². The van der Waals surface area contributed by atoms with Gasteiger partial charge < -0.3 is 19.4 Å². The minimum Gasteiger partial charge on any atom is -0.379 e. The highest BCUT2D eigenvalue weighted by Crippen LogP contribution is 2.13. The molecule has 1 amide bonds. The van der Waals surface area contributed by atoms with Crippen LogP contribution in [0.1, 0.15) is 28.8 Å². The summed E-state index contributed by atoms with van der Waals surface area (Å²) in [4.78, 5) is 33.5. The number of nitrogens with one attached hydrogen (secondary N) is 2. The molecule has 34 heavy (non-hydrogen) atoms. The van der Waals surface area contributed by atoms with Gasteiger partial charge in [0.15, 0.2) is 0 Å². The van der Waals surface area contributed by atoms with Crippen LogP contribution in [0.2, 0.25) is 0 Å². The number of fused-ring (bicyclic) bond motifs is 2. The molecule has 0 spiro atoms. The fourth-order valence-electron chi connectivity index (χ4n) is 4.61. The first-order valence-corrected chi connectivity index (χ1v) is 11.8. The van der Waals surface area contributed by atoms with Crippen LogP contribution in [0.4, 0.5) is 0 Å². The van der Waals surface area contributed by atoms with Crippen LogP contribution < -0.4 is 16.4 Å². The molecule has 180 valence electrons. The summed E-state index contributed by atoms with van der Waals surface area (Å²) in [6.07, 6.45) is 3.62. The highest BCUT2D eigenvalue weighted by Gasteiger charge is 2.21. The van der Waals surface area contributed by atoms with Gasteiger partial charge in [-0.15, -0.1) is 0 Å². The largest absolute Gasteiger partial charge is 0.379 e. The van der Waals surface area contributed by atoms with Gasteiger partial charge in [0.2, 0.25) is 0 Å². The van der Waals surface area contributed by atoms with Gasteiger partial charge in [-0.3, -0.25) is 24.3 Å². The van der Waals surface area contributed by atoms with Crippen molar-refractivity contribution >= 4 is 22.6 Å². The highest BCUT2D eigenvalue weighted by molar-refractivity contribution is 5.96. The van der Waals surface area contributed by atoms with E-state index < -0.39 is 0 Å². The van der Waals surface area contributed by atoms with E-state index >= 15 is 0 Å². The summed E-state index contributed by atoms with van der Waals surface area (Å²) in [5.74, 6) is -0.378. The summed E-state index contributed by atoms with van der Waals surface area (Å²) < 4.78 is 14.2. The monoisotopic (exact) mass is 466 g/mol. The minimum absolute atomic E-state index is 0.00811. The zero-order chi connectivity index (χ0) is 23.7. The first-order chi connectivity index (χ1) is 16.5. The Morgan fingerprint density at radius 3 is 2.82 bits per heavy atom. The van der Waals surface area contributed by atoms with Crippen molar-refractivity contribution in [1.29, 1.82) is 5.41 Å². The molecule has 2 fully saturated rings. The zero-order valence-corrected chi connectivity index (χ0v) is 19.4. The average molecular weight is 467 g/mol. The second kappa shape index (κ2) is 9.65. The Balaban J connectivity index is 1.57. The van der Waals surface area contributed by atoms with E-state index in [-0.39, 0.29) is 28.6 Å². The molecule has 10 heteroatoms. The maximum absolute atomic E-state index is 13.4.